The Morgan fingerprint density at radius 2 is 1.77 bits per heavy atom. The smallest absolute Gasteiger partial charge is 0.247 e. The zero-order valence-corrected chi connectivity index (χ0v) is 21.6. The molecule has 0 spiro atoms. The average Bonchev–Trinajstić information content (AvgIpc) is 3.03. The van der Waals surface area contributed by atoms with Gasteiger partial charge in [-0.1, -0.05) is 0 Å². The predicted octanol–water partition coefficient (Wildman–Crippen LogP) is 3.12. The molecular weight excluding hydrogens is 464 g/mol. The molecule has 0 saturated heterocycles. The fraction of sp³-hybridized carbons (Fsp3) is 0.680. The van der Waals surface area contributed by atoms with E-state index in [-0.39, 0.29) is 22.8 Å². The van der Waals surface area contributed by atoms with E-state index < -0.39 is 10.0 Å². The van der Waals surface area contributed by atoms with Crippen LogP contribution in [0.2, 0.25) is 0 Å². The molecule has 1 N–H and O–H groups in total. The number of rotatable bonds is 5. The average molecular weight is 499 g/mol. The minimum absolute atomic E-state index is 0.0320. The molecule has 5 aliphatic rings. The molecule has 2 aromatic heterocycles. The molecule has 0 radical (unpaired) electrons. The molecule has 7 rings (SSSR count). The first kappa shape index (κ1) is 23.1. The number of hydrogen-bond acceptors (Lipinski definition) is 6. The molecule has 10 heteroatoms. The van der Waals surface area contributed by atoms with Gasteiger partial charge >= 0.3 is 0 Å². The van der Waals surface area contributed by atoms with Crippen LogP contribution in [0.3, 0.4) is 0 Å². The first-order chi connectivity index (χ1) is 16.6. The Kier molecular flexibility index (Phi) is 5.34. The van der Waals surface area contributed by atoms with Gasteiger partial charge in [-0.25, -0.2) is 18.4 Å². The van der Waals surface area contributed by atoms with Gasteiger partial charge in [-0.3, -0.25) is 9.48 Å². The second-order valence-electron chi connectivity index (χ2n) is 11.5. The van der Waals surface area contributed by atoms with Crippen LogP contribution >= 0.6 is 0 Å². The van der Waals surface area contributed by atoms with Gasteiger partial charge in [-0.2, -0.15) is 9.40 Å². The lowest BCUT2D eigenvalue weighted by Crippen LogP contribution is -2.47. The number of carbonyl (C=O) groups is 1. The van der Waals surface area contributed by atoms with Crippen LogP contribution in [-0.4, -0.2) is 44.9 Å². The van der Waals surface area contributed by atoms with Gasteiger partial charge in [-0.05, 0) is 82.0 Å². The minimum atomic E-state index is -3.71. The molecular formula is C25H34N6O3S. The molecule has 1 aliphatic heterocycles. The topological polar surface area (TPSA) is 110 Å². The van der Waals surface area contributed by atoms with E-state index in [1.165, 1.54) is 49.2 Å². The van der Waals surface area contributed by atoms with Crippen molar-refractivity contribution in [1.82, 2.24) is 24.1 Å². The molecule has 4 saturated carbocycles. The van der Waals surface area contributed by atoms with E-state index in [4.69, 9.17) is 0 Å². The summed E-state index contributed by atoms with van der Waals surface area (Å²) >= 11 is 0. The van der Waals surface area contributed by atoms with E-state index in [0.29, 0.717) is 42.3 Å². The molecule has 9 nitrogen and oxygen atoms in total. The largest absolute Gasteiger partial charge is 0.310 e. The molecule has 188 valence electrons. The van der Waals surface area contributed by atoms with Crippen LogP contribution in [-0.2, 0) is 34.8 Å². The van der Waals surface area contributed by atoms with Crippen LogP contribution in [0.15, 0.2) is 11.2 Å². The van der Waals surface area contributed by atoms with Gasteiger partial charge in [0.25, 0.3) is 0 Å². The fourth-order valence-corrected chi connectivity index (χ4v) is 9.72. The Morgan fingerprint density at radius 1 is 1.11 bits per heavy atom. The summed E-state index contributed by atoms with van der Waals surface area (Å²) in [6.07, 6.45) is 10.1. The van der Waals surface area contributed by atoms with E-state index in [1.807, 2.05) is 0 Å². The minimum Gasteiger partial charge on any atom is -0.310 e. The van der Waals surface area contributed by atoms with Gasteiger partial charge in [-0.15, -0.1) is 0 Å². The highest BCUT2D eigenvalue weighted by molar-refractivity contribution is 7.89. The molecule has 0 atom stereocenters. The van der Waals surface area contributed by atoms with Gasteiger partial charge in [0.1, 0.15) is 17.0 Å². The summed E-state index contributed by atoms with van der Waals surface area (Å²) in [5.74, 6) is 2.99. The molecule has 4 bridgehead atoms. The molecule has 2 aromatic rings. The summed E-state index contributed by atoms with van der Waals surface area (Å²) in [5, 5.41) is 7.36. The van der Waals surface area contributed by atoms with Crippen LogP contribution in [0.4, 0.5) is 5.82 Å². The third kappa shape index (κ3) is 3.89. The van der Waals surface area contributed by atoms with Gasteiger partial charge in [0, 0.05) is 25.6 Å². The molecule has 4 fully saturated rings. The zero-order valence-electron chi connectivity index (χ0n) is 20.7. The van der Waals surface area contributed by atoms with Crippen LogP contribution in [0.25, 0.3) is 0 Å². The predicted molar refractivity (Wildman–Crippen MR) is 130 cm³/mol. The lowest BCUT2D eigenvalue weighted by Gasteiger charge is -2.56. The van der Waals surface area contributed by atoms with Crippen molar-refractivity contribution in [2.75, 3.05) is 11.9 Å². The van der Waals surface area contributed by atoms with Crippen molar-refractivity contribution >= 4 is 21.7 Å². The zero-order chi connectivity index (χ0) is 24.5. The highest BCUT2D eigenvalue weighted by atomic mass is 32.2. The third-order valence-electron chi connectivity index (χ3n) is 8.97. The van der Waals surface area contributed by atoms with E-state index in [9.17, 15) is 13.2 Å². The number of anilines is 1. The second-order valence-corrected chi connectivity index (χ2v) is 13.4. The number of aryl methyl sites for hydroxylation is 2. The van der Waals surface area contributed by atoms with E-state index in [0.717, 1.165) is 23.3 Å². The Morgan fingerprint density at radius 3 is 2.37 bits per heavy atom. The van der Waals surface area contributed by atoms with Crippen LogP contribution < -0.4 is 5.32 Å². The molecule has 1 amide bonds. The monoisotopic (exact) mass is 498 g/mol. The van der Waals surface area contributed by atoms with Crippen molar-refractivity contribution in [2.24, 2.45) is 30.2 Å². The number of hydrogen-bond donors (Lipinski definition) is 1. The molecule has 0 unspecified atom stereocenters. The molecule has 3 heterocycles. The number of nitrogens with zero attached hydrogens (tertiary/aromatic N) is 5. The van der Waals surface area contributed by atoms with E-state index in [2.05, 4.69) is 20.4 Å². The Balaban J connectivity index is 1.19. The van der Waals surface area contributed by atoms with Crippen molar-refractivity contribution < 1.29 is 13.2 Å². The SMILES string of the molecule is Cc1nn(C)c(C)c1S(=O)(=O)N1CCc2c(ncnc2NC(=O)CC23CC4CC(CC(C4)C2)C3)C1. The molecule has 0 aromatic carbocycles. The second kappa shape index (κ2) is 8.09. The summed E-state index contributed by atoms with van der Waals surface area (Å²) < 4.78 is 29.9. The Bertz CT molecular complexity index is 1270. The van der Waals surface area contributed by atoms with Crippen LogP contribution in [0.1, 0.15) is 67.6 Å². The van der Waals surface area contributed by atoms with Gasteiger partial charge in [0.2, 0.25) is 15.9 Å². The highest BCUT2D eigenvalue weighted by Crippen LogP contribution is 2.61. The molecule has 4 aliphatic carbocycles. The van der Waals surface area contributed by atoms with Gasteiger partial charge in [0.15, 0.2) is 0 Å². The maximum atomic E-state index is 13.4. The standard InChI is InChI=1S/C25H34N6O3S/c1-15-23(16(2)30(3)29-15)35(33,34)31-5-4-20-21(13-31)26-14-27-24(20)28-22(32)12-25-9-17-6-18(10-25)8-19(7-17)11-25/h14,17-19H,4-13H2,1-3H3,(H,26,27,28,32). The highest BCUT2D eigenvalue weighted by Gasteiger charge is 2.51. The number of sulfonamides is 1. The van der Waals surface area contributed by atoms with Crippen molar-refractivity contribution in [1.29, 1.82) is 0 Å². The van der Waals surface area contributed by atoms with Crippen molar-refractivity contribution in [2.45, 2.75) is 76.7 Å². The van der Waals surface area contributed by atoms with Crippen molar-refractivity contribution in [3.8, 4) is 0 Å². The Hall–Kier alpha value is -2.33. The third-order valence-corrected chi connectivity index (χ3v) is 11.1. The number of amides is 1. The fourth-order valence-electron chi connectivity index (χ4n) is 7.92. The van der Waals surface area contributed by atoms with Gasteiger partial charge in [0.05, 0.1) is 23.6 Å². The quantitative estimate of drug-likeness (QED) is 0.678. The summed E-state index contributed by atoms with van der Waals surface area (Å²) in [6.45, 7) is 3.96. The van der Waals surface area contributed by atoms with Gasteiger partial charge < -0.3 is 5.32 Å². The summed E-state index contributed by atoms with van der Waals surface area (Å²) in [6, 6.07) is 0. The normalized spacial score (nSPS) is 29.9. The van der Waals surface area contributed by atoms with Crippen molar-refractivity contribution in [3.63, 3.8) is 0 Å². The maximum absolute atomic E-state index is 13.4. The molecule has 35 heavy (non-hydrogen) atoms. The number of carbonyl (C=O) groups excluding carboxylic acids is 1. The van der Waals surface area contributed by atoms with E-state index in [1.54, 1.807) is 25.6 Å². The van der Waals surface area contributed by atoms with Crippen molar-refractivity contribution in [3.05, 3.63) is 29.0 Å². The number of nitrogens with one attached hydrogen (secondary N) is 1. The maximum Gasteiger partial charge on any atom is 0.247 e. The first-order valence-corrected chi connectivity index (χ1v) is 14.2. The van der Waals surface area contributed by atoms with E-state index >= 15 is 0 Å². The van der Waals surface area contributed by atoms with Crippen LogP contribution in [0, 0.1) is 37.0 Å². The lowest BCUT2D eigenvalue weighted by atomic mass is 9.49. The summed E-state index contributed by atoms with van der Waals surface area (Å²) in [4.78, 5) is 22.2. The van der Waals surface area contributed by atoms with Crippen LogP contribution in [0.5, 0.6) is 0 Å². The Labute approximate surface area is 206 Å². The lowest BCUT2D eigenvalue weighted by molar-refractivity contribution is -0.124. The summed E-state index contributed by atoms with van der Waals surface area (Å²) in [7, 11) is -1.96. The summed E-state index contributed by atoms with van der Waals surface area (Å²) in [5.41, 5.74) is 2.78. The number of aromatic nitrogens is 4. The first-order valence-electron chi connectivity index (χ1n) is 12.8. The number of fused-ring (bicyclic) bond motifs is 1.